The second-order valence-corrected chi connectivity index (χ2v) is 10.6. The molecule has 3 aliphatic heterocycles. The van der Waals surface area contributed by atoms with E-state index in [0.717, 1.165) is 49.8 Å². The van der Waals surface area contributed by atoms with E-state index >= 15 is 0 Å². The second kappa shape index (κ2) is 11.1. The fourth-order valence-corrected chi connectivity index (χ4v) is 6.52. The number of carbonyl (C=O) groups excluding carboxylic acids is 2. The maximum absolute atomic E-state index is 13.6. The second-order valence-electron chi connectivity index (χ2n) is 10.6. The van der Waals surface area contributed by atoms with Crippen molar-refractivity contribution in [2.24, 2.45) is 5.92 Å². The lowest BCUT2D eigenvalue weighted by molar-refractivity contribution is -0.153. The van der Waals surface area contributed by atoms with Gasteiger partial charge in [-0.2, -0.15) is 5.26 Å². The normalized spacial score (nSPS) is 26.1. The molecule has 5 atom stereocenters. The van der Waals surface area contributed by atoms with Gasteiger partial charge in [-0.25, -0.2) is 4.39 Å². The molecule has 0 unspecified atom stereocenters. The summed E-state index contributed by atoms with van der Waals surface area (Å²) in [4.78, 5) is 29.5. The molecule has 3 saturated heterocycles. The zero-order valence-corrected chi connectivity index (χ0v) is 21.2. The molecule has 3 aliphatic rings. The van der Waals surface area contributed by atoms with Crippen molar-refractivity contribution in [3.8, 4) is 6.07 Å². The average molecular weight is 521 g/mol. The third-order valence-electron chi connectivity index (χ3n) is 8.29. The molecule has 2 aromatic rings. The smallest absolute Gasteiger partial charge is 0.255 e. The molecule has 3 N–H and O–H groups in total. The number of aliphatic hydroxyl groups is 2. The summed E-state index contributed by atoms with van der Waals surface area (Å²) in [5.74, 6) is -1.69. The van der Waals surface area contributed by atoms with Gasteiger partial charge in [0, 0.05) is 25.2 Å². The van der Waals surface area contributed by atoms with Crippen molar-refractivity contribution in [3.63, 3.8) is 0 Å². The fourth-order valence-electron chi connectivity index (χ4n) is 6.52. The van der Waals surface area contributed by atoms with Gasteiger partial charge in [0.25, 0.3) is 11.8 Å². The molecular formula is C29H33FN4O4. The largest absolute Gasteiger partial charge is 0.380 e. The molecule has 2 bridgehead atoms. The van der Waals surface area contributed by atoms with Gasteiger partial charge in [-0.3, -0.25) is 9.59 Å². The minimum Gasteiger partial charge on any atom is -0.380 e. The van der Waals surface area contributed by atoms with Crippen LogP contribution in [0.25, 0.3) is 0 Å². The number of nitriles is 1. The third-order valence-corrected chi connectivity index (χ3v) is 8.29. The van der Waals surface area contributed by atoms with Crippen LogP contribution in [0.4, 0.5) is 10.1 Å². The summed E-state index contributed by atoms with van der Waals surface area (Å²) in [6.45, 7) is 0.787. The molecule has 38 heavy (non-hydrogen) atoms. The number of rotatable bonds is 7. The molecule has 2 aromatic carbocycles. The van der Waals surface area contributed by atoms with Crippen molar-refractivity contribution in [1.29, 1.82) is 5.26 Å². The van der Waals surface area contributed by atoms with E-state index in [4.69, 9.17) is 0 Å². The van der Waals surface area contributed by atoms with Crippen LogP contribution < -0.4 is 10.2 Å². The predicted octanol–water partition coefficient (Wildman–Crippen LogP) is 2.65. The molecule has 8 nitrogen and oxygen atoms in total. The van der Waals surface area contributed by atoms with Crippen LogP contribution in [0.15, 0.2) is 48.5 Å². The van der Waals surface area contributed by atoms with Crippen molar-refractivity contribution in [1.82, 2.24) is 10.2 Å². The quantitative estimate of drug-likeness (QED) is 0.517. The molecular weight excluding hydrogens is 487 g/mol. The Morgan fingerprint density at radius 2 is 1.76 bits per heavy atom. The van der Waals surface area contributed by atoms with Crippen molar-refractivity contribution < 1.29 is 24.2 Å². The van der Waals surface area contributed by atoms with Gasteiger partial charge in [0.05, 0.1) is 17.3 Å². The first-order valence-corrected chi connectivity index (χ1v) is 13.3. The Bertz CT molecular complexity index is 1200. The Morgan fingerprint density at radius 1 is 1.05 bits per heavy atom. The van der Waals surface area contributed by atoms with E-state index in [1.165, 1.54) is 12.1 Å². The van der Waals surface area contributed by atoms with Gasteiger partial charge in [-0.15, -0.1) is 0 Å². The van der Waals surface area contributed by atoms with Gasteiger partial charge in [-0.05, 0) is 68.2 Å². The monoisotopic (exact) mass is 520 g/mol. The number of hydrogen-bond acceptors (Lipinski definition) is 6. The molecule has 200 valence electrons. The van der Waals surface area contributed by atoms with Crippen LogP contribution >= 0.6 is 0 Å². The molecule has 5 rings (SSSR count). The van der Waals surface area contributed by atoms with Gasteiger partial charge < -0.3 is 25.3 Å². The minimum absolute atomic E-state index is 0.153. The van der Waals surface area contributed by atoms with Crippen LogP contribution in [0.2, 0.25) is 0 Å². The van der Waals surface area contributed by atoms with Crippen molar-refractivity contribution in [2.75, 3.05) is 18.0 Å². The maximum atomic E-state index is 13.6. The van der Waals surface area contributed by atoms with E-state index in [9.17, 15) is 29.5 Å². The topological polar surface area (TPSA) is 117 Å². The van der Waals surface area contributed by atoms with E-state index in [2.05, 4.69) is 16.3 Å². The number of anilines is 1. The highest BCUT2D eigenvalue weighted by Gasteiger charge is 2.42. The molecule has 3 fully saturated rings. The Morgan fingerprint density at radius 3 is 2.45 bits per heavy atom. The number of halogens is 1. The minimum atomic E-state index is -1.85. The Balaban J connectivity index is 1.16. The maximum Gasteiger partial charge on any atom is 0.255 e. The summed E-state index contributed by atoms with van der Waals surface area (Å²) in [5, 5.41) is 33.3. The first-order chi connectivity index (χ1) is 18.4. The van der Waals surface area contributed by atoms with Crippen LogP contribution in [0.3, 0.4) is 0 Å². The van der Waals surface area contributed by atoms with Gasteiger partial charge in [0.1, 0.15) is 11.9 Å². The van der Waals surface area contributed by atoms with Crippen molar-refractivity contribution in [2.45, 2.75) is 68.9 Å². The predicted molar refractivity (Wildman–Crippen MR) is 138 cm³/mol. The van der Waals surface area contributed by atoms with Gasteiger partial charge >= 0.3 is 0 Å². The van der Waals surface area contributed by atoms with Crippen LogP contribution in [0, 0.1) is 23.1 Å². The van der Waals surface area contributed by atoms with Crippen LogP contribution in [-0.2, 0) is 9.59 Å². The summed E-state index contributed by atoms with van der Waals surface area (Å²) in [6, 6.07) is 16.1. The van der Waals surface area contributed by atoms with E-state index < -0.39 is 29.8 Å². The van der Waals surface area contributed by atoms with E-state index in [1.54, 1.807) is 11.0 Å². The lowest BCUT2D eigenvalue weighted by Gasteiger charge is -2.41. The summed E-state index contributed by atoms with van der Waals surface area (Å²) in [5.41, 5.74) is 2.03. The van der Waals surface area contributed by atoms with E-state index in [0.29, 0.717) is 18.7 Å². The molecule has 3 heterocycles. The number of aliphatic hydroxyl groups excluding tert-OH is 2. The van der Waals surface area contributed by atoms with Crippen LogP contribution in [0.1, 0.15) is 55.7 Å². The third kappa shape index (κ3) is 5.11. The van der Waals surface area contributed by atoms with E-state index in [1.807, 2.05) is 30.3 Å². The van der Waals surface area contributed by atoms with Crippen molar-refractivity contribution >= 4 is 17.5 Å². The molecule has 0 spiro atoms. The fraction of sp³-hybridized carbons (Fsp3) is 0.483. The number of carbonyl (C=O) groups is 2. The van der Waals surface area contributed by atoms with Crippen LogP contribution in [0.5, 0.6) is 0 Å². The average Bonchev–Trinajstić information content (AvgIpc) is 3.53. The number of nitrogens with zero attached hydrogens (tertiary/aromatic N) is 3. The number of fused-ring (bicyclic) bond motifs is 2. The summed E-state index contributed by atoms with van der Waals surface area (Å²) in [7, 11) is 0. The molecule has 2 amide bonds. The van der Waals surface area contributed by atoms with Gasteiger partial charge in [-0.1, -0.05) is 30.3 Å². The Kier molecular flexibility index (Phi) is 7.63. The number of likely N-dealkylation sites (tertiary alicyclic amines) is 1. The number of hydrogen-bond donors (Lipinski definition) is 3. The van der Waals surface area contributed by atoms with Crippen molar-refractivity contribution in [3.05, 3.63) is 65.5 Å². The zero-order chi connectivity index (χ0) is 26.8. The van der Waals surface area contributed by atoms with Gasteiger partial charge in [0.2, 0.25) is 0 Å². The number of nitrogens with one attached hydrogen (secondary N) is 1. The molecule has 0 aliphatic carbocycles. The zero-order valence-electron chi connectivity index (χ0n) is 21.2. The van der Waals surface area contributed by atoms with Gasteiger partial charge in [0.15, 0.2) is 12.2 Å². The number of amides is 2. The SMILES string of the molecule is N#Cc1cc(F)ccc1N1[C@@H]2CC[C@@H]1CC(CNC(=O)[C@H](O)[C@@H](O)C(=O)N1CCC[C@@H]1c1ccccc1)C2. The standard InChI is InChI=1S/C29H33FN4O4/c30-21-8-11-25(20(15-21)16-31)34-22-9-10-23(34)14-18(13-22)17-32-28(37)26(35)27(36)29(38)33-12-4-7-24(33)19-5-2-1-3-6-19/h1-3,5-6,8,11,15,18,22-24,26-27,35-36H,4,7,9-10,12-14,17H2,(H,32,37)/t22-,23-,24-,26-,27-/m1/s1. The Hall–Kier alpha value is -3.48. The lowest BCUT2D eigenvalue weighted by atomic mass is 9.89. The van der Waals surface area contributed by atoms with Crippen LogP contribution in [-0.4, -0.2) is 64.3 Å². The summed E-state index contributed by atoms with van der Waals surface area (Å²) >= 11 is 0. The number of piperidine rings is 1. The lowest BCUT2D eigenvalue weighted by Crippen LogP contribution is -2.52. The summed E-state index contributed by atoms with van der Waals surface area (Å²) in [6.07, 6.45) is 1.33. The highest BCUT2D eigenvalue weighted by atomic mass is 19.1. The first kappa shape index (κ1) is 26.1. The van der Waals surface area contributed by atoms with E-state index in [-0.39, 0.29) is 24.0 Å². The molecule has 0 radical (unpaired) electrons. The highest BCUT2D eigenvalue weighted by Crippen LogP contribution is 2.42. The Labute approximate surface area is 221 Å². The molecule has 9 heteroatoms. The molecule has 0 saturated carbocycles. The highest BCUT2D eigenvalue weighted by molar-refractivity contribution is 5.91. The summed E-state index contributed by atoms with van der Waals surface area (Å²) < 4.78 is 13.6. The number of benzene rings is 2. The molecule has 0 aromatic heterocycles. The first-order valence-electron chi connectivity index (χ1n) is 13.3.